The molecule has 0 aromatic carbocycles. The average Bonchev–Trinajstić information content (AvgIpc) is 2.63. The Morgan fingerprint density at radius 2 is 1.89 bits per heavy atom. The number of hydrogen-bond donors (Lipinski definition) is 1. The third-order valence-corrected chi connectivity index (χ3v) is 4.96. The molecule has 1 aliphatic rings. The number of rotatable bonds is 2. The van der Waals surface area contributed by atoms with Gasteiger partial charge in [-0.3, -0.25) is 14.6 Å². The molecule has 0 aliphatic carbocycles. The highest BCUT2D eigenvalue weighted by Crippen LogP contribution is 2.29. The predicted octanol–water partition coefficient (Wildman–Crippen LogP) is 1.94. The maximum Gasteiger partial charge on any atom is 0.279 e. The van der Waals surface area contributed by atoms with Crippen molar-refractivity contribution in [1.82, 2.24) is 24.9 Å². The second-order valence-electron chi connectivity index (χ2n) is 6.91. The molecular weight excluding hydrogens is 344 g/mol. The summed E-state index contributed by atoms with van der Waals surface area (Å²) >= 11 is 0. The summed E-state index contributed by atoms with van der Waals surface area (Å²) in [5.41, 5.74) is 3.42. The third-order valence-electron chi connectivity index (χ3n) is 4.96. The maximum absolute atomic E-state index is 12.5. The molecule has 27 heavy (non-hydrogen) atoms. The fraction of sp³-hybridized carbons (Fsp3) is 0.368. The molecule has 4 rings (SSSR count). The van der Waals surface area contributed by atoms with Crippen molar-refractivity contribution in [1.29, 1.82) is 0 Å². The molecule has 8 heteroatoms. The van der Waals surface area contributed by atoms with Crippen LogP contribution in [0.2, 0.25) is 0 Å². The van der Waals surface area contributed by atoms with E-state index < -0.39 is 0 Å². The number of fused-ring (bicyclic) bond motifs is 1. The quantitative estimate of drug-likeness (QED) is 0.745. The molecule has 138 valence electrons. The second kappa shape index (κ2) is 6.53. The summed E-state index contributed by atoms with van der Waals surface area (Å²) in [4.78, 5) is 47.0. The van der Waals surface area contributed by atoms with E-state index in [0.29, 0.717) is 36.6 Å². The van der Waals surface area contributed by atoms with Gasteiger partial charge in [-0.15, -0.1) is 0 Å². The van der Waals surface area contributed by atoms with Crippen molar-refractivity contribution >= 4 is 22.8 Å². The van der Waals surface area contributed by atoms with E-state index in [1.165, 1.54) is 0 Å². The Kier molecular flexibility index (Phi) is 4.18. The third kappa shape index (κ3) is 3.18. The highest BCUT2D eigenvalue weighted by Gasteiger charge is 2.29. The summed E-state index contributed by atoms with van der Waals surface area (Å²) in [6, 6.07) is 3.70. The van der Waals surface area contributed by atoms with Gasteiger partial charge in [0.25, 0.3) is 5.56 Å². The zero-order chi connectivity index (χ0) is 19.1. The Morgan fingerprint density at radius 1 is 1.11 bits per heavy atom. The van der Waals surface area contributed by atoms with E-state index in [1.54, 1.807) is 11.1 Å². The van der Waals surface area contributed by atoms with Crippen LogP contribution in [-0.4, -0.2) is 37.4 Å². The molecule has 0 spiro atoms. The molecule has 4 heterocycles. The molecule has 1 saturated heterocycles. The molecule has 3 aromatic heterocycles. The van der Waals surface area contributed by atoms with Gasteiger partial charge in [0.1, 0.15) is 5.82 Å². The summed E-state index contributed by atoms with van der Waals surface area (Å²) < 4.78 is 0. The summed E-state index contributed by atoms with van der Waals surface area (Å²) in [6.07, 6.45) is 2.72. The van der Waals surface area contributed by atoms with Crippen LogP contribution in [0.25, 0.3) is 11.2 Å². The first-order chi connectivity index (χ1) is 12.9. The standard InChI is InChI=1S/C19H20N6O2/c1-10-8-14(6-7-20-10)25-9-13(4-5-15(25)26)17-23-18-16(19(27)24-17)21-11(2)12(3)22-18/h6-8,13H,4-5,9H2,1-3H3,(H,22,23,24,27). The van der Waals surface area contributed by atoms with E-state index in [4.69, 9.17) is 0 Å². The van der Waals surface area contributed by atoms with Crippen LogP contribution in [-0.2, 0) is 4.79 Å². The number of nitrogens with zero attached hydrogens (tertiary/aromatic N) is 5. The maximum atomic E-state index is 12.5. The van der Waals surface area contributed by atoms with Gasteiger partial charge in [-0.2, -0.15) is 0 Å². The normalized spacial score (nSPS) is 17.5. The molecular formula is C19H20N6O2. The second-order valence-corrected chi connectivity index (χ2v) is 6.91. The van der Waals surface area contributed by atoms with Crippen LogP contribution in [0.15, 0.2) is 23.1 Å². The summed E-state index contributed by atoms with van der Waals surface area (Å²) in [7, 11) is 0. The van der Waals surface area contributed by atoms with Crippen LogP contribution in [0.4, 0.5) is 5.69 Å². The van der Waals surface area contributed by atoms with Gasteiger partial charge in [0.05, 0.1) is 11.4 Å². The first kappa shape index (κ1) is 17.3. The number of amides is 1. The van der Waals surface area contributed by atoms with E-state index in [2.05, 4.69) is 24.9 Å². The number of hydrogen-bond acceptors (Lipinski definition) is 6. The van der Waals surface area contributed by atoms with Crippen LogP contribution < -0.4 is 10.5 Å². The Labute approximate surface area is 155 Å². The Morgan fingerprint density at radius 3 is 2.67 bits per heavy atom. The minimum Gasteiger partial charge on any atom is -0.312 e. The molecule has 0 radical (unpaired) electrons. The number of aryl methyl sites for hydroxylation is 3. The smallest absolute Gasteiger partial charge is 0.279 e. The van der Waals surface area contributed by atoms with Crippen LogP contribution in [0.5, 0.6) is 0 Å². The van der Waals surface area contributed by atoms with Gasteiger partial charge in [0.2, 0.25) is 5.91 Å². The van der Waals surface area contributed by atoms with Gasteiger partial charge < -0.3 is 9.88 Å². The number of anilines is 1. The largest absolute Gasteiger partial charge is 0.312 e. The van der Waals surface area contributed by atoms with Crippen molar-refractivity contribution in [3.05, 3.63) is 51.6 Å². The minimum atomic E-state index is -0.297. The number of carbonyl (C=O) groups excluding carboxylic acids is 1. The van der Waals surface area contributed by atoms with Crippen LogP contribution in [0, 0.1) is 20.8 Å². The van der Waals surface area contributed by atoms with Crippen molar-refractivity contribution in [2.24, 2.45) is 0 Å². The molecule has 0 bridgehead atoms. The van der Waals surface area contributed by atoms with Crippen molar-refractivity contribution in [3.8, 4) is 0 Å². The molecule has 1 atom stereocenters. The fourth-order valence-electron chi connectivity index (χ4n) is 3.35. The van der Waals surface area contributed by atoms with Gasteiger partial charge in [0, 0.05) is 36.5 Å². The van der Waals surface area contributed by atoms with Crippen molar-refractivity contribution in [2.45, 2.75) is 39.5 Å². The topological polar surface area (TPSA) is 105 Å². The molecule has 3 aromatic rings. The van der Waals surface area contributed by atoms with Gasteiger partial charge in [0.15, 0.2) is 11.2 Å². The number of aromatic amines is 1. The summed E-state index contributed by atoms with van der Waals surface area (Å²) in [5, 5.41) is 0. The Balaban J connectivity index is 1.72. The molecule has 1 amide bonds. The minimum absolute atomic E-state index is 0.0613. The molecule has 1 aliphatic heterocycles. The van der Waals surface area contributed by atoms with Gasteiger partial charge >= 0.3 is 0 Å². The lowest BCUT2D eigenvalue weighted by Crippen LogP contribution is -2.40. The Hall–Kier alpha value is -3.16. The number of carbonyl (C=O) groups is 1. The number of piperidine rings is 1. The SMILES string of the molecule is Cc1cc(N2CC(c3nc4nc(C)c(C)nc4c(=O)[nH]3)CCC2=O)ccn1. The molecule has 1 fully saturated rings. The molecule has 1 unspecified atom stereocenters. The molecule has 8 nitrogen and oxygen atoms in total. The van der Waals surface area contributed by atoms with E-state index in [-0.39, 0.29) is 22.9 Å². The number of pyridine rings is 1. The lowest BCUT2D eigenvalue weighted by molar-refractivity contribution is -0.119. The summed E-state index contributed by atoms with van der Waals surface area (Å²) in [5.74, 6) is 0.538. The van der Waals surface area contributed by atoms with Gasteiger partial charge in [-0.25, -0.2) is 15.0 Å². The predicted molar refractivity (Wildman–Crippen MR) is 101 cm³/mol. The monoisotopic (exact) mass is 364 g/mol. The zero-order valence-electron chi connectivity index (χ0n) is 15.5. The van der Waals surface area contributed by atoms with E-state index in [1.807, 2.05) is 32.9 Å². The van der Waals surface area contributed by atoms with E-state index in [0.717, 1.165) is 17.1 Å². The molecule has 0 saturated carbocycles. The van der Waals surface area contributed by atoms with Gasteiger partial charge in [-0.1, -0.05) is 0 Å². The van der Waals surface area contributed by atoms with Crippen LogP contribution >= 0.6 is 0 Å². The van der Waals surface area contributed by atoms with Crippen LogP contribution in [0.3, 0.4) is 0 Å². The lowest BCUT2D eigenvalue weighted by atomic mass is 9.96. The van der Waals surface area contributed by atoms with E-state index in [9.17, 15) is 9.59 Å². The van der Waals surface area contributed by atoms with E-state index >= 15 is 0 Å². The number of H-pyrrole nitrogens is 1. The fourth-order valence-corrected chi connectivity index (χ4v) is 3.35. The highest BCUT2D eigenvalue weighted by atomic mass is 16.2. The first-order valence-electron chi connectivity index (χ1n) is 8.90. The molecule has 1 N–H and O–H groups in total. The first-order valence-corrected chi connectivity index (χ1v) is 8.90. The van der Waals surface area contributed by atoms with Gasteiger partial charge in [-0.05, 0) is 39.3 Å². The van der Waals surface area contributed by atoms with Crippen molar-refractivity contribution < 1.29 is 4.79 Å². The average molecular weight is 364 g/mol. The number of nitrogens with one attached hydrogen (secondary N) is 1. The van der Waals surface area contributed by atoms with Crippen molar-refractivity contribution in [2.75, 3.05) is 11.4 Å². The number of aromatic nitrogens is 5. The Bertz CT molecular complexity index is 1110. The zero-order valence-corrected chi connectivity index (χ0v) is 15.5. The van der Waals surface area contributed by atoms with Crippen molar-refractivity contribution in [3.63, 3.8) is 0 Å². The highest BCUT2D eigenvalue weighted by molar-refractivity contribution is 5.94. The van der Waals surface area contributed by atoms with Crippen LogP contribution in [0.1, 0.15) is 41.7 Å². The summed E-state index contributed by atoms with van der Waals surface area (Å²) in [6.45, 7) is 6.00. The lowest BCUT2D eigenvalue weighted by Gasteiger charge is -2.32.